The molecule has 0 saturated carbocycles. The maximum atomic E-state index is 5.64. The third-order valence-corrected chi connectivity index (χ3v) is 3.57. The zero-order valence-electron chi connectivity index (χ0n) is 12.0. The van der Waals surface area contributed by atoms with Crippen molar-refractivity contribution in [2.75, 3.05) is 39.3 Å². The summed E-state index contributed by atoms with van der Waals surface area (Å²) in [6.07, 6.45) is 0. The van der Waals surface area contributed by atoms with Crippen molar-refractivity contribution in [3.05, 3.63) is 34.3 Å². The van der Waals surface area contributed by atoms with E-state index in [1.54, 1.807) is 0 Å². The molecule has 0 fully saturated rings. The van der Waals surface area contributed by atoms with Gasteiger partial charge in [0.2, 0.25) is 0 Å². The van der Waals surface area contributed by atoms with Crippen LogP contribution < -0.4 is 5.32 Å². The van der Waals surface area contributed by atoms with E-state index in [0.29, 0.717) is 6.61 Å². The van der Waals surface area contributed by atoms with Crippen LogP contribution in [0.25, 0.3) is 0 Å². The maximum Gasteiger partial charge on any atom is 0.0717 e. The lowest BCUT2D eigenvalue weighted by Gasteiger charge is -2.17. The Bertz CT molecular complexity index is 343. The zero-order chi connectivity index (χ0) is 13.9. The van der Waals surface area contributed by atoms with Crippen molar-refractivity contribution < 1.29 is 4.74 Å². The molecule has 108 valence electrons. The second-order valence-corrected chi connectivity index (χ2v) is 5.38. The summed E-state index contributed by atoms with van der Waals surface area (Å²) in [5.74, 6) is 0. The summed E-state index contributed by atoms with van der Waals surface area (Å²) in [6.45, 7) is 11.1. The van der Waals surface area contributed by atoms with E-state index in [2.05, 4.69) is 52.1 Å². The number of nitrogens with zero attached hydrogens (tertiary/aromatic N) is 1. The highest BCUT2D eigenvalue weighted by Gasteiger charge is 1.98. The summed E-state index contributed by atoms with van der Waals surface area (Å²) in [4.78, 5) is 2.41. The summed E-state index contributed by atoms with van der Waals surface area (Å²) in [5.41, 5.74) is 1.21. The molecule has 4 heteroatoms. The molecule has 0 aliphatic rings. The standard InChI is InChI=1S/C15H25BrN2O/c1-3-18(4-2)10-8-17-9-11-19-13-14-6-5-7-15(16)12-14/h5-7,12,17H,3-4,8-11,13H2,1-2H3. The second-order valence-electron chi connectivity index (χ2n) is 4.46. The summed E-state index contributed by atoms with van der Waals surface area (Å²) >= 11 is 3.46. The Morgan fingerprint density at radius 3 is 2.68 bits per heavy atom. The average Bonchev–Trinajstić information content (AvgIpc) is 2.42. The second kappa shape index (κ2) is 10.4. The van der Waals surface area contributed by atoms with Gasteiger partial charge < -0.3 is 15.0 Å². The highest BCUT2D eigenvalue weighted by atomic mass is 79.9. The van der Waals surface area contributed by atoms with Crippen LogP contribution in [0.5, 0.6) is 0 Å². The van der Waals surface area contributed by atoms with Crippen LogP contribution in [-0.4, -0.2) is 44.2 Å². The Morgan fingerprint density at radius 1 is 1.21 bits per heavy atom. The number of ether oxygens (including phenoxy) is 1. The molecule has 1 aromatic carbocycles. The highest BCUT2D eigenvalue weighted by Crippen LogP contribution is 2.12. The van der Waals surface area contributed by atoms with Gasteiger partial charge in [0.1, 0.15) is 0 Å². The molecular formula is C15H25BrN2O. The van der Waals surface area contributed by atoms with Crippen LogP contribution in [0.2, 0.25) is 0 Å². The Hall–Kier alpha value is -0.420. The molecule has 0 saturated heterocycles. The Labute approximate surface area is 125 Å². The number of nitrogens with one attached hydrogen (secondary N) is 1. The van der Waals surface area contributed by atoms with Crippen LogP contribution in [0.4, 0.5) is 0 Å². The zero-order valence-corrected chi connectivity index (χ0v) is 13.6. The van der Waals surface area contributed by atoms with Gasteiger partial charge in [0.25, 0.3) is 0 Å². The molecule has 0 aliphatic heterocycles. The van der Waals surface area contributed by atoms with E-state index in [-0.39, 0.29) is 0 Å². The minimum Gasteiger partial charge on any atom is -0.375 e. The van der Waals surface area contributed by atoms with Gasteiger partial charge in [-0.25, -0.2) is 0 Å². The van der Waals surface area contributed by atoms with Crippen LogP contribution >= 0.6 is 15.9 Å². The predicted octanol–water partition coefficient (Wildman–Crippen LogP) is 2.90. The van der Waals surface area contributed by atoms with Gasteiger partial charge in [0.05, 0.1) is 13.2 Å². The predicted molar refractivity (Wildman–Crippen MR) is 84.5 cm³/mol. The fraction of sp³-hybridized carbons (Fsp3) is 0.600. The Balaban J connectivity index is 1.99. The van der Waals surface area contributed by atoms with Gasteiger partial charge in [-0.1, -0.05) is 41.9 Å². The SMILES string of the molecule is CCN(CC)CCNCCOCc1cccc(Br)c1. The smallest absolute Gasteiger partial charge is 0.0717 e. The molecule has 0 spiro atoms. The van der Waals surface area contributed by atoms with Crippen molar-refractivity contribution in [3.63, 3.8) is 0 Å². The molecule has 0 heterocycles. The lowest BCUT2D eigenvalue weighted by atomic mass is 10.2. The first-order valence-corrected chi connectivity index (χ1v) is 7.80. The van der Waals surface area contributed by atoms with Crippen molar-refractivity contribution in [1.82, 2.24) is 10.2 Å². The quantitative estimate of drug-likeness (QED) is 0.668. The number of hydrogen-bond donors (Lipinski definition) is 1. The van der Waals surface area contributed by atoms with Crippen LogP contribution in [0, 0.1) is 0 Å². The van der Waals surface area contributed by atoms with E-state index in [9.17, 15) is 0 Å². The monoisotopic (exact) mass is 328 g/mol. The van der Waals surface area contributed by atoms with E-state index in [4.69, 9.17) is 4.74 Å². The minimum atomic E-state index is 0.678. The molecule has 0 aromatic heterocycles. The van der Waals surface area contributed by atoms with E-state index in [0.717, 1.165) is 43.8 Å². The summed E-state index contributed by atoms with van der Waals surface area (Å²) in [5, 5.41) is 3.41. The lowest BCUT2D eigenvalue weighted by Crippen LogP contribution is -2.33. The van der Waals surface area contributed by atoms with E-state index in [1.165, 1.54) is 5.56 Å². The molecule has 1 aromatic rings. The largest absolute Gasteiger partial charge is 0.375 e. The fourth-order valence-corrected chi connectivity index (χ4v) is 2.31. The van der Waals surface area contributed by atoms with Gasteiger partial charge in [-0.05, 0) is 30.8 Å². The van der Waals surface area contributed by atoms with Crippen molar-refractivity contribution >= 4 is 15.9 Å². The molecule has 0 amide bonds. The molecule has 19 heavy (non-hydrogen) atoms. The Kier molecular flexibility index (Phi) is 9.08. The van der Waals surface area contributed by atoms with Crippen molar-refractivity contribution in [1.29, 1.82) is 0 Å². The van der Waals surface area contributed by atoms with E-state index in [1.807, 2.05) is 12.1 Å². The van der Waals surface area contributed by atoms with Crippen LogP contribution in [0.3, 0.4) is 0 Å². The number of halogens is 1. The lowest BCUT2D eigenvalue weighted by molar-refractivity contribution is 0.122. The van der Waals surface area contributed by atoms with Crippen LogP contribution in [0.1, 0.15) is 19.4 Å². The van der Waals surface area contributed by atoms with E-state index >= 15 is 0 Å². The third kappa shape index (κ3) is 7.67. The molecule has 0 unspecified atom stereocenters. The normalized spacial score (nSPS) is 11.2. The summed E-state index contributed by atoms with van der Waals surface area (Å²) < 4.78 is 6.74. The third-order valence-electron chi connectivity index (χ3n) is 3.08. The molecule has 3 nitrogen and oxygen atoms in total. The highest BCUT2D eigenvalue weighted by molar-refractivity contribution is 9.10. The first-order valence-electron chi connectivity index (χ1n) is 7.01. The molecule has 0 atom stereocenters. The molecule has 0 radical (unpaired) electrons. The van der Waals surface area contributed by atoms with Crippen LogP contribution in [0.15, 0.2) is 28.7 Å². The number of likely N-dealkylation sites (N-methyl/N-ethyl adjacent to an activating group) is 1. The summed E-state index contributed by atoms with van der Waals surface area (Å²) in [6, 6.07) is 8.23. The first kappa shape index (κ1) is 16.6. The van der Waals surface area contributed by atoms with Gasteiger partial charge in [0, 0.05) is 24.1 Å². The molecule has 0 bridgehead atoms. The average molecular weight is 329 g/mol. The van der Waals surface area contributed by atoms with Crippen molar-refractivity contribution in [2.45, 2.75) is 20.5 Å². The first-order chi connectivity index (χ1) is 9.26. The van der Waals surface area contributed by atoms with Crippen LogP contribution in [-0.2, 0) is 11.3 Å². The van der Waals surface area contributed by atoms with Gasteiger partial charge >= 0.3 is 0 Å². The van der Waals surface area contributed by atoms with Gasteiger partial charge in [-0.15, -0.1) is 0 Å². The molecule has 1 N–H and O–H groups in total. The molecular weight excluding hydrogens is 304 g/mol. The summed E-state index contributed by atoms with van der Waals surface area (Å²) in [7, 11) is 0. The van der Waals surface area contributed by atoms with Gasteiger partial charge in [0.15, 0.2) is 0 Å². The van der Waals surface area contributed by atoms with Crippen molar-refractivity contribution in [2.24, 2.45) is 0 Å². The maximum absolute atomic E-state index is 5.64. The van der Waals surface area contributed by atoms with Gasteiger partial charge in [-0.2, -0.15) is 0 Å². The number of benzene rings is 1. The Morgan fingerprint density at radius 2 is 2.00 bits per heavy atom. The van der Waals surface area contributed by atoms with Gasteiger partial charge in [-0.3, -0.25) is 0 Å². The topological polar surface area (TPSA) is 24.5 Å². The van der Waals surface area contributed by atoms with E-state index < -0.39 is 0 Å². The minimum absolute atomic E-state index is 0.678. The molecule has 1 rings (SSSR count). The number of hydrogen-bond acceptors (Lipinski definition) is 3. The molecule has 0 aliphatic carbocycles. The van der Waals surface area contributed by atoms with Crippen molar-refractivity contribution in [3.8, 4) is 0 Å². The fourth-order valence-electron chi connectivity index (χ4n) is 1.86. The number of rotatable bonds is 10.